The fourth-order valence-corrected chi connectivity index (χ4v) is 2.11. The molecule has 2 amide bonds. The van der Waals surface area contributed by atoms with Crippen LogP contribution in [0, 0.1) is 5.92 Å². The summed E-state index contributed by atoms with van der Waals surface area (Å²) in [5.74, 6) is 0.0964. The van der Waals surface area contributed by atoms with E-state index in [-0.39, 0.29) is 17.7 Å². The maximum atomic E-state index is 12.1. The fourth-order valence-electron chi connectivity index (χ4n) is 2.11. The highest BCUT2D eigenvalue weighted by molar-refractivity contribution is 5.98. The van der Waals surface area contributed by atoms with Crippen molar-refractivity contribution in [3.63, 3.8) is 0 Å². The Hall–Kier alpha value is -1.88. The van der Waals surface area contributed by atoms with Gasteiger partial charge in [-0.05, 0) is 43.4 Å². The molecule has 5 nitrogen and oxygen atoms in total. The van der Waals surface area contributed by atoms with E-state index in [1.807, 2.05) is 12.1 Å². The van der Waals surface area contributed by atoms with Crippen molar-refractivity contribution >= 4 is 17.5 Å². The number of nitrogens with one attached hydrogen (secondary N) is 2. The molecule has 1 fully saturated rings. The van der Waals surface area contributed by atoms with E-state index in [1.165, 1.54) is 0 Å². The zero-order valence-electron chi connectivity index (χ0n) is 11.9. The van der Waals surface area contributed by atoms with Crippen LogP contribution >= 0.6 is 0 Å². The van der Waals surface area contributed by atoms with Crippen molar-refractivity contribution in [2.75, 3.05) is 12.4 Å². The van der Waals surface area contributed by atoms with E-state index in [1.54, 1.807) is 26.1 Å². The maximum absolute atomic E-state index is 12.1. The summed E-state index contributed by atoms with van der Waals surface area (Å²) in [6.07, 6.45) is 2.37. The molecule has 0 saturated heterocycles. The lowest BCUT2D eigenvalue weighted by atomic mass is 9.96. The van der Waals surface area contributed by atoms with Crippen molar-refractivity contribution in [1.29, 1.82) is 0 Å². The number of amides is 2. The molecule has 20 heavy (non-hydrogen) atoms. The van der Waals surface area contributed by atoms with Crippen molar-refractivity contribution in [3.05, 3.63) is 29.8 Å². The molecule has 4 N–H and O–H groups in total. The average Bonchev–Trinajstić information content (AvgIpc) is 3.25. The van der Waals surface area contributed by atoms with Gasteiger partial charge < -0.3 is 16.4 Å². The van der Waals surface area contributed by atoms with E-state index >= 15 is 0 Å². The van der Waals surface area contributed by atoms with Crippen molar-refractivity contribution in [2.24, 2.45) is 11.7 Å². The van der Waals surface area contributed by atoms with Gasteiger partial charge in [-0.3, -0.25) is 9.59 Å². The van der Waals surface area contributed by atoms with E-state index < -0.39 is 5.54 Å². The summed E-state index contributed by atoms with van der Waals surface area (Å²) >= 11 is 0. The Morgan fingerprint density at radius 1 is 1.30 bits per heavy atom. The van der Waals surface area contributed by atoms with Gasteiger partial charge in [0.25, 0.3) is 0 Å². The van der Waals surface area contributed by atoms with E-state index in [4.69, 9.17) is 5.73 Å². The largest absolute Gasteiger partial charge is 0.359 e. The Morgan fingerprint density at radius 2 is 1.90 bits per heavy atom. The second-order valence-corrected chi connectivity index (χ2v) is 5.56. The summed E-state index contributed by atoms with van der Waals surface area (Å²) in [6, 6.07) is 7.24. The van der Waals surface area contributed by atoms with E-state index in [0.717, 1.165) is 18.4 Å². The van der Waals surface area contributed by atoms with E-state index in [9.17, 15) is 9.59 Å². The van der Waals surface area contributed by atoms with Crippen molar-refractivity contribution in [1.82, 2.24) is 5.32 Å². The van der Waals surface area contributed by atoms with E-state index in [2.05, 4.69) is 10.6 Å². The smallest absolute Gasteiger partial charge is 0.244 e. The first kappa shape index (κ1) is 14.5. The number of nitrogens with two attached hydrogens (primary N) is 1. The van der Waals surface area contributed by atoms with Gasteiger partial charge in [0.05, 0.1) is 12.0 Å². The maximum Gasteiger partial charge on any atom is 0.244 e. The molecule has 1 aliphatic carbocycles. The molecule has 108 valence electrons. The van der Waals surface area contributed by atoms with Crippen LogP contribution < -0.4 is 16.4 Å². The number of likely N-dealkylation sites (N-methyl/N-ethyl adjacent to an activating group) is 1. The number of hydrogen-bond donors (Lipinski definition) is 3. The van der Waals surface area contributed by atoms with Crippen LogP contribution in [-0.2, 0) is 16.0 Å². The summed E-state index contributed by atoms with van der Waals surface area (Å²) in [5, 5.41) is 5.41. The standard InChI is InChI=1S/C15H21N3O2/c1-15(16,11-5-6-11)14(20)18-12-7-3-10(4-8-12)9-13(19)17-2/h3-4,7-8,11H,5-6,9,16H2,1-2H3,(H,17,19)(H,18,20). The average molecular weight is 275 g/mol. The lowest BCUT2D eigenvalue weighted by Gasteiger charge is -2.23. The lowest BCUT2D eigenvalue weighted by molar-refractivity contribution is -0.121. The molecule has 0 radical (unpaired) electrons. The van der Waals surface area contributed by atoms with Gasteiger partial charge in [0.2, 0.25) is 11.8 Å². The summed E-state index contributed by atoms with van der Waals surface area (Å²) in [6.45, 7) is 1.78. The van der Waals surface area contributed by atoms with Crippen LogP contribution in [0.4, 0.5) is 5.69 Å². The second-order valence-electron chi connectivity index (χ2n) is 5.56. The van der Waals surface area contributed by atoms with Crippen molar-refractivity contribution in [2.45, 2.75) is 31.7 Å². The quantitative estimate of drug-likeness (QED) is 0.750. The predicted octanol–water partition coefficient (Wildman–Crippen LogP) is 1.04. The number of hydrogen-bond acceptors (Lipinski definition) is 3. The minimum atomic E-state index is -0.805. The number of carbonyl (C=O) groups is 2. The zero-order valence-corrected chi connectivity index (χ0v) is 11.9. The lowest BCUT2D eigenvalue weighted by Crippen LogP contribution is -2.50. The van der Waals surface area contributed by atoms with Gasteiger partial charge in [0.15, 0.2) is 0 Å². The molecular formula is C15H21N3O2. The molecular weight excluding hydrogens is 254 g/mol. The van der Waals surface area contributed by atoms with Crippen LogP contribution in [0.15, 0.2) is 24.3 Å². The second kappa shape index (κ2) is 5.63. The molecule has 1 unspecified atom stereocenters. The van der Waals surface area contributed by atoms with Crippen molar-refractivity contribution < 1.29 is 9.59 Å². The first-order chi connectivity index (χ1) is 9.43. The van der Waals surface area contributed by atoms with Crippen LogP contribution in [0.2, 0.25) is 0 Å². The molecule has 0 aliphatic heterocycles. The summed E-state index contributed by atoms with van der Waals surface area (Å²) in [5.41, 5.74) is 6.86. The summed E-state index contributed by atoms with van der Waals surface area (Å²) in [4.78, 5) is 23.4. The predicted molar refractivity (Wildman–Crippen MR) is 78.2 cm³/mol. The topological polar surface area (TPSA) is 84.2 Å². The number of benzene rings is 1. The highest BCUT2D eigenvalue weighted by Crippen LogP contribution is 2.38. The minimum absolute atomic E-state index is 0.0370. The van der Waals surface area contributed by atoms with Gasteiger partial charge in [-0.2, -0.15) is 0 Å². The van der Waals surface area contributed by atoms with E-state index in [0.29, 0.717) is 12.1 Å². The SMILES string of the molecule is CNC(=O)Cc1ccc(NC(=O)C(C)(N)C2CC2)cc1. The van der Waals surface area contributed by atoms with Crippen LogP contribution in [0.1, 0.15) is 25.3 Å². The van der Waals surface area contributed by atoms with Gasteiger partial charge in [-0.1, -0.05) is 12.1 Å². The molecule has 1 aromatic rings. The third-order valence-corrected chi connectivity index (χ3v) is 3.77. The highest BCUT2D eigenvalue weighted by Gasteiger charge is 2.44. The van der Waals surface area contributed by atoms with Gasteiger partial charge >= 0.3 is 0 Å². The minimum Gasteiger partial charge on any atom is -0.359 e. The Labute approximate surface area is 118 Å². The molecule has 1 aromatic carbocycles. The van der Waals surface area contributed by atoms with Gasteiger partial charge in [-0.25, -0.2) is 0 Å². The monoisotopic (exact) mass is 275 g/mol. The molecule has 5 heteroatoms. The van der Waals surface area contributed by atoms with Crippen LogP contribution in [0.5, 0.6) is 0 Å². The highest BCUT2D eigenvalue weighted by atomic mass is 16.2. The Balaban J connectivity index is 1.96. The molecule has 0 aromatic heterocycles. The Morgan fingerprint density at radius 3 is 2.40 bits per heavy atom. The van der Waals surface area contributed by atoms with Crippen LogP contribution in [0.25, 0.3) is 0 Å². The van der Waals surface area contributed by atoms with Crippen molar-refractivity contribution in [3.8, 4) is 0 Å². The summed E-state index contributed by atoms with van der Waals surface area (Å²) in [7, 11) is 1.61. The molecule has 1 aliphatic rings. The number of anilines is 1. The Kier molecular flexibility index (Phi) is 4.09. The zero-order chi connectivity index (χ0) is 14.8. The van der Waals surface area contributed by atoms with Crippen LogP contribution in [-0.4, -0.2) is 24.4 Å². The fraction of sp³-hybridized carbons (Fsp3) is 0.467. The first-order valence-corrected chi connectivity index (χ1v) is 6.83. The Bertz CT molecular complexity index is 504. The number of rotatable bonds is 5. The molecule has 0 heterocycles. The molecule has 0 spiro atoms. The van der Waals surface area contributed by atoms with Gasteiger partial charge in [0.1, 0.15) is 0 Å². The van der Waals surface area contributed by atoms with Gasteiger partial charge in [-0.15, -0.1) is 0 Å². The summed E-state index contributed by atoms with van der Waals surface area (Å²) < 4.78 is 0. The van der Waals surface area contributed by atoms with Gasteiger partial charge in [0, 0.05) is 12.7 Å². The molecule has 2 rings (SSSR count). The molecule has 1 saturated carbocycles. The number of carbonyl (C=O) groups excluding carboxylic acids is 2. The third-order valence-electron chi connectivity index (χ3n) is 3.77. The normalized spacial score (nSPS) is 17.1. The third kappa shape index (κ3) is 3.36. The first-order valence-electron chi connectivity index (χ1n) is 6.83. The molecule has 1 atom stereocenters. The van der Waals surface area contributed by atoms with Crippen LogP contribution in [0.3, 0.4) is 0 Å². The molecule has 0 bridgehead atoms.